The molecule has 7 nitrogen and oxygen atoms in total. The molecule has 0 heterocycles. The van der Waals surface area contributed by atoms with E-state index >= 15 is 0 Å². The van der Waals surface area contributed by atoms with Crippen LogP contribution in [0.15, 0.2) is 48.5 Å². The van der Waals surface area contributed by atoms with E-state index in [4.69, 9.17) is 32.7 Å². The van der Waals surface area contributed by atoms with Crippen molar-refractivity contribution >= 4 is 25.9 Å². The number of anilines is 1. The van der Waals surface area contributed by atoms with Gasteiger partial charge in [-0.3, -0.25) is 8.42 Å². The smallest absolute Gasteiger partial charge is 0.763 e. The van der Waals surface area contributed by atoms with Gasteiger partial charge in [0.05, 0.1) is 7.11 Å². The molecule has 0 aliphatic heterocycles. The van der Waals surface area contributed by atoms with Crippen LogP contribution in [0.4, 0.5) is 5.69 Å². The van der Waals surface area contributed by atoms with E-state index in [9.17, 15) is 0 Å². The quantitative estimate of drug-likeness (QED) is 0.231. The second kappa shape index (κ2) is 15.2. The summed E-state index contributed by atoms with van der Waals surface area (Å²) in [6.07, 6.45) is 0. The SMILES string of the molecule is COc1ccc(N)cc1OCc1ccccc1.O=S([O-])S(=O)[O-].[Na+].[Na+]. The van der Waals surface area contributed by atoms with Gasteiger partial charge in [0.2, 0.25) is 0 Å². The van der Waals surface area contributed by atoms with Gasteiger partial charge < -0.3 is 24.3 Å². The molecule has 0 fully saturated rings. The van der Waals surface area contributed by atoms with Crippen molar-refractivity contribution < 1.29 is 86.1 Å². The molecule has 2 atom stereocenters. The third kappa shape index (κ3) is 11.4. The minimum absolute atomic E-state index is 0. The van der Waals surface area contributed by atoms with Crippen LogP contribution in [-0.4, -0.2) is 24.6 Å². The van der Waals surface area contributed by atoms with Crippen LogP contribution in [0.3, 0.4) is 0 Å². The summed E-state index contributed by atoms with van der Waals surface area (Å²) < 4.78 is 47.2. The molecule has 0 bridgehead atoms. The monoisotopic (exact) mass is 403 g/mol. The zero-order valence-corrected chi connectivity index (χ0v) is 19.8. The zero-order chi connectivity index (χ0) is 17.2. The second-order valence-electron chi connectivity index (χ2n) is 4.09. The van der Waals surface area contributed by atoms with Crippen LogP contribution >= 0.6 is 0 Å². The maximum Gasteiger partial charge on any atom is 1.00 e. The Bertz CT molecular complexity index is 664. The summed E-state index contributed by atoms with van der Waals surface area (Å²) in [6.45, 7) is 0.501. The number of nitrogen functional groups attached to an aromatic ring is 1. The van der Waals surface area contributed by atoms with Crippen LogP contribution in [-0.2, 0) is 26.8 Å². The van der Waals surface area contributed by atoms with Gasteiger partial charge in [0.1, 0.15) is 6.61 Å². The number of hydrogen-bond acceptors (Lipinski definition) is 7. The summed E-state index contributed by atoms with van der Waals surface area (Å²) in [5.41, 5.74) is 7.48. The van der Waals surface area contributed by atoms with Gasteiger partial charge in [-0.25, -0.2) is 0 Å². The average Bonchev–Trinajstić information content (AvgIpc) is 2.54. The molecule has 0 saturated heterocycles. The van der Waals surface area contributed by atoms with Crippen LogP contribution in [0, 0.1) is 0 Å². The Balaban J connectivity index is 0. The first kappa shape index (κ1) is 27.3. The Morgan fingerprint density at radius 1 is 0.960 bits per heavy atom. The van der Waals surface area contributed by atoms with Gasteiger partial charge in [-0.1, -0.05) is 30.3 Å². The number of ether oxygens (including phenoxy) is 2. The van der Waals surface area contributed by atoms with Crippen molar-refractivity contribution in [1.82, 2.24) is 0 Å². The van der Waals surface area contributed by atoms with Crippen molar-refractivity contribution in [2.24, 2.45) is 0 Å². The molecule has 2 rings (SSSR count). The van der Waals surface area contributed by atoms with Crippen molar-refractivity contribution in [2.75, 3.05) is 12.8 Å². The van der Waals surface area contributed by atoms with Crippen LogP contribution in [0.5, 0.6) is 11.5 Å². The molecular formula is C14H15NNa2O6S2. The van der Waals surface area contributed by atoms with E-state index in [-0.39, 0.29) is 59.1 Å². The first-order valence-electron chi connectivity index (χ1n) is 6.23. The van der Waals surface area contributed by atoms with Crippen LogP contribution < -0.4 is 74.3 Å². The maximum absolute atomic E-state index is 9.09. The molecule has 2 N–H and O–H groups in total. The molecule has 0 amide bonds. The molecule has 0 spiro atoms. The van der Waals surface area contributed by atoms with Gasteiger partial charge in [-0.05, 0) is 17.7 Å². The van der Waals surface area contributed by atoms with E-state index in [0.29, 0.717) is 23.8 Å². The fourth-order valence-corrected chi connectivity index (χ4v) is 1.54. The normalized spacial score (nSPS) is 11.5. The number of rotatable bonds is 5. The summed E-state index contributed by atoms with van der Waals surface area (Å²) in [6, 6.07) is 15.3. The Morgan fingerprint density at radius 3 is 2.00 bits per heavy atom. The number of benzene rings is 2. The van der Waals surface area contributed by atoms with Crippen LogP contribution in [0.2, 0.25) is 0 Å². The fraction of sp³-hybridized carbons (Fsp3) is 0.143. The molecule has 0 aliphatic carbocycles. The third-order valence-electron chi connectivity index (χ3n) is 2.54. The summed E-state index contributed by atoms with van der Waals surface area (Å²) in [5, 5.41) is 0. The summed E-state index contributed by atoms with van der Waals surface area (Å²) in [5.74, 6) is 1.35. The summed E-state index contributed by atoms with van der Waals surface area (Å²) in [7, 11) is -4.29. The van der Waals surface area contributed by atoms with E-state index in [1.165, 1.54) is 0 Å². The molecule has 0 aromatic heterocycles. The molecular weight excluding hydrogens is 388 g/mol. The summed E-state index contributed by atoms with van der Waals surface area (Å²) >= 11 is 0. The number of nitrogens with two attached hydrogens (primary N) is 1. The van der Waals surface area contributed by atoms with E-state index < -0.39 is 20.2 Å². The largest absolute Gasteiger partial charge is 1.00 e. The predicted molar refractivity (Wildman–Crippen MR) is 86.0 cm³/mol. The predicted octanol–water partition coefficient (Wildman–Crippen LogP) is -4.48. The Kier molecular flexibility index (Phi) is 16.5. The van der Waals surface area contributed by atoms with E-state index in [1.807, 2.05) is 30.3 Å². The first-order chi connectivity index (χ1) is 10.9. The number of methoxy groups -OCH3 is 1. The van der Waals surface area contributed by atoms with Crippen molar-refractivity contribution in [2.45, 2.75) is 6.61 Å². The first-order valence-corrected chi connectivity index (χ1v) is 8.90. The minimum atomic E-state index is -2.95. The van der Waals surface area contributed by atoms with Crippen molar-refractivity contribution in [3.63, 3.8) is 0 Å². The molecule has 126 valence electrons. The van der Waals surface area contributed by atoms with Crippen molar-refractivity contribution in [3.05, 3.63) is 54.1 Å². The van der Waals surface area contributed by atoms with Crippen molar-refractivity contribution in [1.29, 1.82) is 0 Å². The Morgan fingerprint density at radius 2 is 1.52 bits per heavy atom. The molecule has 0 aliphatic rings. The fourth-order valence-electron chi connectivity index (χ4n) is 1.54. The molecule has 2 unspecified atom stereocenters. The topological polar surface area (TPSA) is 125 Å². The molecule has 11 heteroatoms. The average molecular weight is 403 g/mol. The summed E-state index contributed by atoms with van der Waals surface area (Å²) in [4.78, 5) is 0. The van der Waals surface area contributed by atoms with Crippen molar-refractivity contribution in [3.8, 4) is 11.5 Å². The number of hydrogen-bond donors (Lipinski definition) is 1. The van der Waals surface area contributed by atoms with Gasteiger partial charge in [-0.15, -0.1) is 0 Å². The Hall–Kier alpha value is 0.0600. The van der Waals surface area contributed by atoms with Gasteiger partial charge in [-0.2, -0.15) is 0 Å². The van der Waals surface area contributed by atoms with E-state index in [2.05, 4.69) is 0 Å². The van der Waals surface area contributed by atoms with Gasteiger partial charge in [0.25, 0.3) is 0 Å². The molecule has 25 heavy (non-hydrogen) atoms. The van der Waals surface area contributed by atoms with Crippen LogP contribution in [0.25, 0.3) is 0 Å². The van der Waals surface area contributed by atoms with Crippen LogP contribution in [0.1, 0.15) is 5.56 Å². The van der Waals surface area contributed by atoms with E-state index in [1.54, 1.807) is 25.3 Å². The molecule has 0 saturated carbocycles. The molecule has 0 radical (unpaired) electrons. The van der Waals surface area contributed by atoms with Gasteiger partial charge in [0, 0.05) is 32.0 Å². The molecule has 2 aromatic carbocycles. The zero-order valence-electron chi connectivity index (χ0n) is 14.2. The van der Waals surface area contributed by atoms with Gasteiger partial charge >= 0.3 is 59.1 Å². The minimum Gasteiger partial charge on any atom is -0.763 e. The molecule has 2 aromatic rings. The van der Waals surface area contributed by atoms with Gasteiger partial charge in [0.15, 0.2) is 11.5 Å². The maximum atomic E-state index is 9.09. The second-order valence-corrected chi connectivity index (χ2v) is 6.54. The Labute approximate surface area is 195 Å². The standard InChI is InChI=1S/C14H15NO2.2Na.H2O4S2/c1-16-13-8-7-12(15)9-14(13)17-10-11-5-3-2-4-6-11;;;1-5(2)6(3)4/h2-9H,10,15H2,1H3;;;(H,1,2)(H,3,4)/q;2*+1;/p-2. The van der Waals surface area contributed by atoms with E-state index in [0.717, 1.165) is 5.56 Å². The third-order valence-corrected chi connectivity index (χ3v) is 3.42.